The first-order chi connectivity index (χ1) is 14.5. The number of Topliss-reactive ketones (excluding diaryl/α,β-unsaturated/α-hetero) is 1. The number of ketones is 1. The van der Waals surface area contributed by atoms with E-state index in [1.807, 2.05) is 58.0 Å². The number of allylic oxidation sites excluding steroid dienone is 1. The summed E-state index contributed by atoms with van der Waals surface area (Å²) in [4.78, 5) is 17.8. The lowest BCUT2D eigenvalue weighted by atomic mass is 9.90. The lowest BCUT2D eigenvalue weighted by molar-refractivity contribution is -0.138. The van der Waals surface area contributed by atoms with Crippen molar-refractivity contribution in [2.75, 3.05) is 0 Å². The molecule has 0 aliphatic rings. The van der Waals surface area contributed by atoms with Gasteiger partial charge in [-0.15, -0.1) is 6.58 Å². The zero-order valence-corrected chi connectivity index (χ0v) is 20.2. The topological polar surface area (TPSA) is 44.1 Å². The molecule has 0 fully saturated rings. The van der Waals surface area contributed by atoms with Gasteiger partial charge in [-0.2, -0.15) is 0 Å². The quantitative estimate of drug-likeness (QED) is 0.392. The molecule has 1 unspecified atom stereocenters. The van der Waals surface area contributed by atoms with E-state index in [0.29, 0.717) is 11.6 Å². The number of nitrogens with zero attached hydrogens (tertiary/aromatic N) is 2. The molecule has 0 amide bonds. The summed E-state index contributed by atoms with van der Waals surface area (Å²) < 4.78 is 8.45. The summed E-state index contributed by atoms with van der Waals surface area (Å²) in [5.74, 6) is -0.0470. The predicted molar refractivity (Wildman–Crippen MR) is 129 cm³/mol. The molecule has 0 aliphatic carbocycles. The molecule has 1 atom stereocenters. The van der Waals surface area contributed by atoms with E-state index in [2.05, 4.69) is 25.0 Å². The third-order valence-corrected chi connectivity index (χ3v) is 5.78. The molecule has 4 nitrogen and oxygen atoms in total. The minimum Gasteiger partial charge on any atom is -0.360 e. The number of rotatable bonds is 6. The molecule has 164 valence electrons. The minimum atomic E-state index is -0.718. The Hall–Kier alpha value is -2.43. The number of aromatic nitrogens is 2. The van der Waals surface area contributed by atoms with Crippen LogP contribution in [0, 0.1) is 20.8 Å². The van der Waals surface area contributed by atoms with Crippen LogP contribution in [0.15, 0.2) is 36.9 Å². The standard InChI is InChI=1S/C26H31ClN2O2/c1-9-14-29-17(4)15(2)21-23(19-10-12-20(27)13-11-19)22(16(3)28-25(21)29)24(18(5)30)31-26(6,7)8/h9-13,24H,1,14H2,2-8H3. The number of pyridine rings is 1. The summed E-state index contributed by atoms with van der Waals surface area (Å²) in [6, 6.07) is 7.74. The Balaban J connectivity index is 2.49. The summed E-state index contributed by atoms with van der Waals surface area (Å²) in [5, 5.41) is 1.70. The van der Waals surface area contributed by atoms with Crippen LogP contribution in [0.2, 0.25) is 5.02 Å². The highest BCUT2D eigenvalue weighted by atomic mass is 35.5. The summed E-state index contributed by atoms with van der Waals surface area (Å²) in [6.45, 7) is 18.2. The molecule has 31 heavy (non-hydrogen) atoms. The molecular formula is C26H31ClN2O2. The van der Waals surface area contributed by atoms with Crippen molar-refractivity contribution < 1.29 is 9.53 Å². The summed E-state index contributed by atoms with van der Waals surface area (Å²) in [6.07, 6.45) is 1.16. The monoisotopic (exact) mass is 438 g/mol. The van der Waals surface area contributed by atoms with Gasteiger partial charge in [0.05, 0.1) is 5.60 Å². The third kappa shape index (κ3) is 4.46. The van der Waals surface area contributed by atoms with Gasteiger partial charge >= 0.3 is 0 Å². The van der Waals surface area contributed by atoms with E-state index in [9.17, 15) is 4.79 Å². The molecule has 2 heterocycles. The van der Waals surface area contributed by atoms with Gasteiger partial charge < -0.3 is 9.30 Å². The van der Waals surface area contributed by atoms with E-state index in [1.54, 1.807) is 6.92 Å². The van der Waals surface area contributed by atoms with Gasteiger partial charge in [-0.3, -0.25) is 4.79 Å². The predicted octanol–water partition coefficient (Wildman–Crippen LogP) is 6.91. The van der Waals surface area contributed by atoms with Gasteiger partial charge in [0.25, 0.3) is 0 Å². The van der Waals surface area contributed by atoms with Gasteiger partial charge in [0, 0.05) is 39.5 Å². The van der Waals surface area contributed by atoms with Crippen molar-refractivity contribution in [3.05, 3.63) is 64.5 Å². The Bertz CT molecular complexity index is 1150. The van der Waals surface area contributed by atoms with Crippen molar-refractivity contribution in [3.63, 3.8) is 0 Å². The van der Waals surface area contributed by atoms with Gasteiger partial charge in [0.15, 0.2) is 5.78 Å². The number of aryl methyl sites for hydroxylation is 2. The Morgan fingerprint density at radius 3 is 2.35 bits per heavy atom. The number of benzene rings is 1. The highest BCUT2D eigenvalue weighted by Crippen LogP contribution is 2.42. The van der Waals surface area contributed by atoms with Crippen LogP contribution in [0.1, 0.15) is 56.3 Å². The van der Waals surface area contributed by atoms with Crippen molar-refractivity contribution >= 4 is 28.4 Å². The molecule has 1 aromatic carbocycles. The van der Waals surface area contributed by atoms with Gasteiger partial charge in [-0.25, -0.2) is 4.98 Å². The molecule has 0 N–H and O–H groups in total. The maximum absolute atomic E-state index is 12.8. The summed E-state index contributed by atoms with van der Waals surface area (Å²) >= 11 is 6.18. The smallest absolute Gasteiger partial charge is 0.163 e. The third-order valence-electron chi connectivity index (χ3n) is 5.53. The zero-order chi connectivity index (χ0) is 23.1. The molecule has 0 spiro atoms. The Labute approximate surface area is 189 Å². The van der Waals surface area contributed by atoms with Crippen molar-refractivity contribution in [1.29, 1.82) is 0 Å². The zero-order valence-electron chi connectivity index (χ0n) is 19.5. The van der Waals surface area contributed by atoms with Crippen LogP contribution in [-0.4, -0.2) is 20.9 Å². The van der Waals surface area contributed by atoms with Crippen LogP contribution < -0.4 is 0 Å². The van der Waals surface area contributed by atoms with E-state index in [-0.39, 0.29) is 5.78 Å². The van der Waals surface area contributed by atoms with Crippen molar-refractivity contribution in [2.24, 2.45) is 0 Å². The highest BCUT2D eigenvalue weighted by Gasteiger charge is 2.31. The minimum absolute atomic E-state index is 0.0470. The molecule has 3 aromatic rings. The van der Waals surface area contributed by atoms with Crippen LogP contribution in [0.3, 0.4) is 0 Å². The van der Waals surface area contributed by atoms with E-state index < -0.39 is 11.7 Å². The van der Waals surface area contributed by atoms with E-state index in [0.717, 1.165) is 44.7 Å². The van der Waals surface area contributed by atoms with Crippen molar-refractivity contribution in [1.82, 2.24) is 9.55 Å². The molecule has 5 heteroatoms. The fraction of sp³-hybridized carbons (Fsp3) is 0.385. The molecule has 0 bridgehead atoms. The van der Waals surface area contributed by atoms with Crippen LogP contribution in [0.5, 0.6) is 0 Å². The van der Waals surface area contributed by atoms with Crippen molar-refractivity contribution in [2.45, 2.75) is 66.7 Å². The lowest BCUT2D eigenvalue weighted by Crippen LogP contribution is -2.27. The number of hydrogen-bond donors (Lipinski definition) is 0. The number of fused-ring (bicyclic) bond motifs is 1. The second-order valence-corrected chi connectivity index (χ2v) is 9.46. The number of carbonyl (C=O) groups is 1. The summed E-state index contributed by atoms with van der Waals surface area (Å²) in [7, 11) is 0. The average Bonchev–Trinajstić information content (AvgIpc) is 2.90. The van der Waals surface area contributed by atoms with Gasteiger partial charge in [0.2, 0.25) is 0 Å². The lowest BCUT2D eigenvalue weighted by Gasteiger charge is -2.29. The second kappa shape index (κ2) is 8.60. The van der Waals surface area contributed by atoms with E-state index in [1.165, 1.54) is 0 Å². The largest absolute Gasteiger partial charge is 0.360 e. The molecule has 0 aliphatic heterocycles. The molecule has 0 saturated heterocycles. The highest BCUT2D eigenvalue weighted by molar-refractivity contribution is 6.30. The van der Waals surface area contributed by atoms with Gasteiger partial charge in [0.1, 0.15) is 11.8 Å². The fourth-order valence-corrected chi connectivity index (χ4v) is 4.21. The normalized spacial score (nSPS) is 12.9. The molecule has 0 radical (unpaired) electrons. The second-order valence-electron chi connectivity index (χ2n) is 9.02. The summed E-state index contributed by atoms with van der Waals surface area (Å²) in [5.41, 5.74) is 6.22. The van der Waals surface area contributed by atoms with Crippen LogP contribution >= 0.6 is 11.6 Å². The molecule has 2 aromatic heterocycles. The molecular weight excluding hydrogens is 408 g/mol. The van der Waals surface area contributed by atoms with Crippen LogP contribution in [-0.2, 0) is 16.1 Å². The van der Waals surface area contributed by atoms with E-state index in [4.69, 9.17) is 21.3 Å². The maximum Gasteiger partial charge on any atom is 0.163 e. The van der Waals surface area contributed by atoms with Crippen LogP contribution in [0.4, 0.5) is 0 Å². The first-order valence-electron chi connectivity index (χ1n) is 10.5. The number of ether oxygens (including phenoxy) is 1. The van der Waals surface area contributed by atoms with Gasteiger partial charge in [-0.05, 0) is 71.7 Å². The first kappa shape index (κ1) is 23.2. The SMILES string of the molecule is C=CCn1c(C)c(C)c2c(-c3ccc(Cl)cc3)c(C(OC(C)(C)C)C(C)=O)c(C)nc21. The first-order valence-corrected chi connectivity index (χ1v) is 10.9. The maximum atomic E-state index is 12.8. The number of hydrogen-bond acceptors (Lipinski definition) is 3. The molecule has 0 saturated carbocycles. The number of carbonyl (C=O) groups excluding carboxylic acids is 1. The Morgan fingerprint density at radius 2 is 1.84 bits per heavy atom. The Kier molecular flexibility index (Phi) is 6.45. The fourth-order valence-electron chi connectivity index (χ4n) is 4.08. The van der Waals surface area contributed by atoms with E-state index >= 15 is 0 Å². The number of halogens is 1. The van der Waals surface area contributed by atoms with Crippen molar-refractivity contribution in [3.8, 4) is 11.1 Å². The van der Waals surface area contributed by atoms with Crippen LogP contribution in [0.25, 0.3) is 22.2 Å². The molecule has 3 rings (SSSR count). The average molecular weight is 439 g/mol. The Morgan fingerprint density at radius 1 is 1.23 bits per heavy atom. The van der Waals surface area contributed by atoms with Gasteiger partial charge in [-0.1, -0.05) is 29.8 Å².